The van der Waals surface area contributed by atoms with Crippen molar-refractivity contribution in [2.45, 2.75) is 26.3 Å². The van der Waals surface area contributed by atoms with Gasteiger partial charge in [0.15, 0.2) is 0 Å². The van der Waals surface area contributed by atoms with E-state index in [9.17, 15) is 4.79 Å². The molecule has 1 aromatic carbocycles. The number of anilines is 1. The quantitative estimate of drug-likeness (QED) is 0.837. The molecule has 1 atom stereocenters. The first kappa shape index (κ1) is 14.3. The van der Waals surface area contributed by atoms with Crippen LogP contribution in [0.1, 0.15) is 20.3 Å². The van der Waals surface area contributed by atoms with Gasteiger partial charge in [-0.3, -0.25) is 0 Å². The van der Waals surface area contributed by atoms with Gasteiger partial charge in [-0.1, -0.05) is 18.5 Å². The second kappa shape index (κ2) is 6.87. The number of halogens is 2. The standard InChI is InChI=1S/C12H15BrClNO2/c1-3-10(12(16)17-4-2)15-11-6-5-8(14)7-9(11)13/h5-7,10,15H,3-4H2,1-2H3. The van der Waals surface area contributed by atoms with Crippen LogP contribution in [0.2, 0.25) is 5.02 Å². The lowest BCUT2D eigenvalue weighted by atomic mass is 10.2. The summed E-state index contributed by atoms with van der Waals surface area (Å²) in [5.41, 5.74) is 0.828. The number of hydrogen-bond donors (Lipinski definition) is 1. The van der Waals surface area contributed by atoms with Crippen molar-refractivity contribution >= 4 is 39.2 Å². The average Bonchev–Trinajstić information content (AvgIpc) is 2.28. The van der Waals surface area contributed by atoms with Crippen molar-refractivity contribution in [3.05, 3.63) is 27.7 Å². The Morgan fingerprint density at radius 2 is 2.24 bits per heavy atom. The highest BCUT2D eigenvalue weighted by atomic mass is 79.9. The summed E-state index contributed by atoms with van der Waals surface area (Å²) in [5.74, 6) is -0.239. The Balaban J connectivity index is 2.77. The predicted molar refractivity (Wildman–Crippen MR) is 73.5 cm³/mol. The molecule has 0 aromatic heterocycles. The molecule has 1 N–H and O–H groups in total. The van der Waals surface area contributed by atoms with E-state index in [4.69, 9.17) is 16.3 Å². The summed E-state index contributed by atoms with van der Waals surface area (Å²) in [6.45, 7) is 4.11. The van der Waals surface area contributed by atoms with Crippen molar-refractivity contribution in [1.82, 2.24) is 0 Å². The highest BCUT2D eigenvalue weighted by Gasteiger charge is 2.18. The summed E-state index contributed by atoms with van der Waals surface area (Å²) in [6, 6.07) is 5.04. The lowest BCUT2D eigenvalue weighted by molar-refractivity contribution is -0.144. The largest absolute Gasteiger partial charge is 0.464 e. The Morgan fingerprint density at radius 1 is 1.53 bits per heavy atom. The van der Waals surface area contributed by atoms with Crippen molar-refractivity contribution < 1.29 is 9.53 Å². The number of hydrogen-bond acceptors (Lipinski definition) is 3. The van der Waals surface area contributed by atoms with E-state index in [0.717, 1.165) is 10.2 Å². The molecule has 5 heteroatoms. The lowest BCUT2D eigenvalue weighted by Gasteiger charge is -2.17. The van der Waals surface area contributed by atoms with E-state index in [1.165, 1.54) is 0 Å². The average molecular weight is 321 g/mol. The minimum atomic E-state index is -0.340. The molecule has 0 radical (unpaired) electrons. The molecule has 0 spiro atoms. The van der Waals surface area contributed by atoms with E-state index >= 15 is 0 Å². The van der Waals surface area contributed by atoms with Gasteiger partial charge in [0.25, 0.3) is 0 Å². The molecule has 0 saturated carbocycles. The van der Waals surface area contributed by atoms with E-state index in [1.807, 2.05) is 13.0 Å². The highest BCUT2D eigenvalue weighted by Crippen LogP contribution is 2.26. The molecule has 0 bridgehead atoms. The molecule has 94 valence electrons. The molecule has 0 saturated heterocycles. The van der Waals surface area contributed by atoms with Crippen molar-refractivity contribution in [3.8, 4) is 0 Å². The Bertz CT molecular complexity index is 398. The first-order valence-corrected chi connectivity index (χ1v) is 6.63. The molecule has 0 amide bonds. The molecule has 0 aliphatic carbocycles. The van der Waals surface area contributed by atoms with Gasteiger partial charge in [-0.25, -0.2) is 4.79 Å². The maximum absolute atomic E-state index is 11.6. The zero-order valence-corrected chi connectivity index (χ0v) is 12.1. The summed E-state index contributed by atoms with van der Waals surface area (Å²) in [4.78, 5) is 11.6. The van der Waals surface area contributed by atoms with Crippen LogP contribution in [0.4, 0.5) is 5.69 Å². The molecule has 1 unspecified atom stereocenters. The molecule has 0 fully saturated rings. The van der Waals surface area contributed by atoms with Gasteiger partial charge in [0, 0.05) is 15.2 Å². The van der Waals surface area contributed by atoms with Gasteiger partial charge >= 0.3 is 5.97 Å². The second-order valence-corrected chi connectivity index (χ2v) is 4.77. The Morgan fingerprint density at radius 3 is 2.76 bits per heavy atom. The van der Waals surface area contributed by atoms with Crippen LogP contribution in [0.25, 0.3) is 0 Å². The minimum Gasteiger partial charge on any atom is -0.464 e. The molecule has 3 nitrogen and oxygen atoms in total. The van der Waals surface area contributed by atoms with Gasteiger partial charge in [-0.15, -0.1) is 0 Å². The first-order chi connectivity index (χ1) is 8.08. The fourth-order valence-electron chi connectivity index (χ4n) is 1.36. The van der Waals surface area contributed by atoms with Crippen molar-refractivity contribution in [2.24, 2.45) is 0 Å². The molecule has 1 rings (SSSR count). The number of carbonyl (C=O) groups excluding carboxylic acids is 1. The van der Waals surface area contributed by atoms with Gasteiger partial charge in [0.2, 0.25) is 0 Å². The number of benzene rings is 1. The highest BCUT2D eigenvalue weighted by molar-refractivity contribution is 9.10. The van der Waals surface area contributed by atoms with E-state index in [-0.39, 0.29) is 12.0 Å². The number of rotatable bonds is 5. The van der Waals surface area contributed by atoms with Gasteiger partial charge < -0.3 is 10.1 Å². The lowest BCUT2D eigenvalue weighted by Crippen LogP contribution is -2.30. The summed E-state index contributed by atoms with van der Waals surface area (Å²) in [6.07, 6.45) is 0.661. The fourth-order valence-corrected chi connectivity index (χ4v) is 2.16. The van der Waals surface area contributed by atoms with Gasteiger partial charge in [-0.05, 0) is 47.5 Å². The number of nitrogens with one attached hydrogen (secondary N) is 1. The maximum atomic E-state index is 11.6. The van der Waals surface area contributed by atoms with Crippen LogP contribution in [0.15, 0.2) is 22.7 Å². The zero-order chi connectivity index (χ0) is 12.8. The summed E-state index contributed by atoms with van der Waals surface area (Å²) in [5, 5.41) is 3.77. The summed E-state index contributed by atoms with van der Waals surface area (Å²) in [7, 11) is 0. The van der Waals surface area contributed by atoms with E-state index < -0.39 is 0 Å². The van der Waals surface area contributed by atoms with Crippen LogP contribution in [0.5, 0.6) is 0 Å². The number of ether oxygens (including phenoxy) is 1. The molecule has 0 heterocycles. The molecule has 0 aliphatic rings. The number of esters is 1. The molecule has 17 heavy (non-hydrogen) atoms. The Labute approximate surface area is 115 Å². The third-order valence-electron chi connectivity index (χ3n) is 2.24. The van der Waals surface area contributed by atoms with E-state index in [2.05, 4.69) is 21.2 Å². The number of carbonyl (C=O) groups is 1. The van der Waals surface area contributed by atoms with E-state index in [0.29, 0.717) is 18.1 Å². The predicted octanol–water partition coefficient (Wildman–Crippen LogP) is 3.86. The SMILES string of the molecule is CCOC(=O)C(CC)Nc1ccc(Cl)cc1Br. The third-order valence-corrected chi connectivity index (χ3v) is 3.13. The topological polar surface area (TPSA) is 38.3 Å². The normalized spacial score (nSPS) is 12.0. The molecular weight excluding hydrogens is 305 g/mol. The Kier molecular flexibility index (Phi) is 5.78. The van der Waals surface area contributed by atoms with Crippen molar-refractivity contribution in [1.29, 1.82) is 0 Å². The van der Waals surface area contributed by atoms with Crippen molar-refractivity contribution in [2.75, 3.05) is 11.9 Å². The van der Waals surface area contributed by atoms with Crippen LogP contribution < -0.4 is 5.32 Å². The van der Waals surface area contributed by atoms with Gasteiger partial charge in [0.05, 0.1) is 6.61 Å². The molecule has 1 aromatic rings. The van der Waals surface area contributed by atoms with Crippen LogP contribution in [-0.2, 0) is 9.53 Å². The van der Waals surface area contributed by atoms with Crippen molar-refractivity contribution in [3.63, 3.8) is 0 Å². The summed E-state index contributed by atoms with van der Waals surface area (Å²) >= 11 is 9.24. The zero-order valence-electron chi connectivity index (χ0n) is 9.80. The fraction of sp³-hybridized carbons (Fsp3) is 0.417. The summed E-state index contributed by atoms with van der Waals surface area (Å²) < 4.78 is 5.81. The second-order valence-electron chi connectivity index (χ2n) is 3.48. The van der Waals surface area contributed by atoms with Crippen LogP contribution >= 0.6 is 27.5 Å². The Hall–Kier alpha value is -0.740. The third kappa shape index (κ3) is 4.21. The van der Waals surface area contributed by atoms with Gasteiger partial charge in [0.1, 0.15) is 6.04 Å². The van der Waals surface area contributed by atoms with Crippen LogP contribution in [-0.4, -0.2) is 18.6 Å². The molecule has 0 aliphatic heterocycles. The monoisotopic (exact) mass is 319 g/mol. The van der Waals surface area contributed by atoms with Gasteiger partial charge in [-0.2, -0.15) is 0 Å². The van der Waals surface area contributed by atoms with E-state index in [1.54, 1.807) is 19.1 Å². The van der Waals surface area contributed by atoms with Crippen LogP contribution in [0, 0.1) is 0 Å². The minimum absolute atomic E-state index is 0.239. The smallest absolute Gasteiger partial charge is 0.328 e. The first-order valence-electron chi connectivity index (χ1n) is 5.46. The molecular formula is C12H15BrClNO2. The maximum Gasteiger partial charge on any atom is 0.328 e. The van der Waals surface area contributed by atoms with Crippen LogP contribution in [0.3, 0.4) is 0 Å².